The maximum atomic E-state index is 12.2. The van der Waals surface area contributed by atoms with Crippen molar-refractivity contribution < 1.29 is 9.90 Å². The second-order valence-corrected chi connectivity index (χ2v) is 4.68. The van der Waals surface area contributed by atoms with Crippen molar-refractivity contribution in [3.8, 4) is 6.07 Å². The van der Waals surface area contributed by atoms with Gasteiger partial charge in [-0.05, 0) is 18.1 Å². The molecule has 106 valence electrons. The Morgan fingerprint density at radius 2 is 1.81 bits per heavy atom. The van der Waals surface area contributed by atoms with E-state index >= 15 is 0 Å². The first-order valence-corrected chi connectivity index (χ1v) is 6.67. The van der Waals surface area contributed by atoms with Gasteiger partial charge < -0.3 is 10.4 Å². The molecule has 4 nitrogen and oxygen atoms in total. The smallest absolute Gasteiger partial charge is 0.242 e. The van der Waals surface area contributed by atoms with Crippen molar-refractivity contribution in [2.45, 2.75) is 13.0 Å². The van der Waals surface area contributed by atoms with E-state index in [0.29, 0.717) is 17.7 Å². The van der Waals surface area contributed by atoms with Crippen LogP contribution < -0.4 is 5.32 Å². The lowest BCUT2D eigenvalue weighted by molar-refractivity contribution is -0.118. The molecule has 2 N–H and O–H groups in total. The first kappa shape index (κ1) is 14.8. The normalized spacial score (nSPS) is 11.4. The number of nitrogens with zero attached hydrogens (tertiary/aromatic N) is 1. The molecule has 0 radical (unpaired) electrons. The molecular weight excluding hydrogens is 264 g/mol. The Labute approximate surface area is 123 Å². The van der Waals surface area contributed by atoms with Gasteiger partial charge in [0.05, 0.1) is 12.7 Å². The molecule has 0 saturated carbocycles. The van der Waals surface area contributed by atoms with Gasteiger partial charge in [0.15, 0.2) is 0 Å². The first-order chi connectivity index (χ1) is 10.2. The number of para-hydroxylation sites is 1. The summed E-state index contributed by atoms with van der Waals surface area (Å²) >= 11 is 0. The van der Waals surface area contributed by atoms with Crippen molar-refractivity contribution in [3.63, 3.8) is 0 Å². The maximum absolute atomic E-state index is 12.2. The Morgan fingerprint density at radius 3 is 2.48 bits per heavy atom. The molecule has 2 aromatic rings. The monoisotopic (exact) mass is 280 g/mol. The SMILES string of the molecule is N#CC(Cc1ccccc1)C(=O)Nc1ccccc1CO. The van der Waals surface area contributed by atoms with E-state index in [0.717, 1.165) is 5.56 Å². The highest BCUT2D eigenvalue weighted by molar-refractivity contribution is 5.94. The number of aliphatic hydroxyl groups is 1. The lowest BCUT2D eigenvalue weighted by atomic mass is 9.99. The predicted molar refractivity (Wildman–Crippen MR) is 80.2 cm³/mol. The molecule has 4 heteroatoms. The zero-order valence-electron chi connectivity index (χ0n) is 11.5. The quantitative estimate of drug-likeness (QED) is 0.883. The van der Waals surface area contributed by atoms with Crippen molar-refractivity contribution in [1.29, 1.82) is 5.26 Å². The van der Waals surface area contributed by atoms with Crippen LogP contribution in [0.15, 0.2) is 54.6 Å². The Balaban J connectivity index is 2.09. The Morgan fingerprint density at radius 1 is 1.14 bits per heavy atom. The number of hydrogen-bond donors (Lipinski definition) is 2. The summed E-state index contributed by atoms with van der Waals surface area (Å²) < 4.78 is 0. The number of carbonyl (C=O) groups is 1. The van der Waals surface area contributed by atoms with Crippen LogP contribution in [0.2, 0.25) is 0 Å². The van der Waals surface area contributed by atoms with Gasteiger partial charge in [-0.1, -0.05) is 48.5 Å². The molecule has 2 rings (SSSR count). The average Bonchev–Trinajstić information content (AvgIpc) is 2.54. The van der Waals surface area contributed by atoms with E-state index in [9.17, 15) is 15.2 Å². The zero-order valence-corrected chi connectivity index (χ0v) is 11.5. The average molecular weight is 280 g/mol. The molecule has 1 unspecified atom stereocenters. The summed E-state index contributed by atoms with van der Waals surface area (Å²) in [5.41, 5.74) is 2.11. The number of amides is 1. The molecule has 1 atom stereocenters. The highest BCUT2D eigenvalue weighted by atomic mass is 16.3. The van der Waals surface area contributed by atoms with Crippen molar-refractivity contribution in [3.05, 3.63) is 65.7 Å². The number of anilines is 1. The molecule has 1 amide bonds. The number of benzene rings is 2. The summed E-state index contributed by atoms with van der Waals surface area (Å²) in [7, 11) is 0. The van der Waals surface area contributed by atoms with Crippen LogP contribution in [0.5, 0.6) is 0 Å². The number of nitriles is 1. The fourth-order valence-electron chi connectivity index (χ4n) is 2.05. The van der Waals surface area contributed by atoms with Crippen LogP contribution in [-0.4, -0.2) is 11.0 Å². The Hall–Kier alpha value is -2.64. The third-order valence-electron chi connectivity index (χ3n) is 3.20. The molecule has 0 spiro atoms. The largest absolute Gasteiger partial charge is 0.392 e. The Kier molecular flexibility index (Phi) is 5.08. The molecule has 21 heavy (non-hydrogen) atoms. The van der Waals surface area contributed by atoms with Crippen LogP contribution >= 0.6 is 0 Å². The fourth-order valence-corrected chi connectivity index (χ4v) is 2.05. The molecule has 0 aromatic heterocycles. The van der Waals surface area contributed by atoms with Gasteiger partial charge in [0.2, 0.25) is 5.91 Å². The summed E-state index contributed by atoms with van der Waals surface area (Å²) in [6.07, 6.45) is 0.366. The van der Waals surface area contributed by atoms with Crippen LogP contribution in [0.3, 0.4) is 0 Å². The van der Waals surface area contributed by atoms with Gasteiger partial charge in [-0.3, -0.25) is 4.79 Å². The van der Waals surface area contributed by atoms with Crippen molar-refractivity contribution in [2.24, 2.45) is 5.92 Å². The minimum absolute atomic E-state index is 0.160. The Bertz CT molecular complexity index is 647. The van der Waals surface area contributed by atoms with Gasteiger partial charge >= 0.3 is 0 Å². The maximum Gasteiger partial charge on any atom is 0.242 e. The second-order valence-electron chi connectivity index (χ2n) is 4.68. The molecule has 0 aliphatic carbocycles. The lowest BCUT2D eigenvalue weighted by Gasteiger charge is -2.12. The number of rotatable bonds is 5. The standard InChI is InChI=1S/C17H16N2O2/c18-11-15(10-13-6-2-1-3-7-13)17(21)19-16-9-5-4-8-14(16)12-20/h1-9,15,20H,10,12H2,(H,19,21). The van der Waals surface area contributed by atoms with Crippen LogP contribution in [0.25, 0.3) is 0 Å². The second kappa shape index (κ2) is 7.22. The summed E-state index contributed by atoms with van der Waals surface area (Å²) in [4.78, 5) is 12.2. The zero-order chi connectivity index (χ0) is 15.1. The molecular formula is C17H16N2O2. The third kappa shape index (κ3) is 3.91. The molecule has 0 bridgehead atoms. The topological polar surface area (TPSA) is 73.1 Å². The minimum Gasteiger partial charge on any atom is -0.392 e. The van der Waals surface area contributed by atoms with Crippen LogP contribution in [0, 0.1) is 17.2 Å². The van der Waals surface area contributed by atoms with Crippen molar-refractivity contribution in [2.75, 3.05) is 5.32 Å². The molecule has 0 saturated heterocycles. The van der Waals surface area contributed by atoms with E-state index in [1.54, 1.807) is 24.3 Å². The minimum atomic E-state index is -0.765. The molecule has 2 aromatic carbocycles. The molecule has 0 fully saturated rings. The summed E-state index contributed by atoms with van der Waals surface area (Å²) in [5.74, 6) is -1.12. The summed E-state index contributed by atoms with van der Waals surface area (Å²) in [6, 6.07) is 18.5. The molecule has 0 aliphatic rings. The van der Waals surface area contributed by atoms with Crippen LogP contribution in [-0.2, 0) is 17.8 Å². The van der Waals surface area contributed by atoms with Gasteiger partial charge in [-0.2, -0.15) is 5.26 Å². The number of aliphatic hydroxyl groups excluding tert-OH is 1. The van der Waals surface area contributed by atoms with Gasteiger partial charge in [0.1, 0.15) is 5.92 Å². The molecule has 0 aliphatic heterocycles. The van der Waals surface area contributed by atoms with Crippen LogP contribution in [0.1, 0.15) is 11.1 Å². The lowest BCUT2D eigenvalue weighted by Crippen LogP contribution is -2.24. The van der Waals surface area contributed by atoms with Gasteiger partial charge in [0, 0.05) is 11.3 Å². The van der Waals surface area contributed by atoms with Crippen molar-refractivity contribution >= 4 is 11.6 Å². The van der Waals surface area contributed by atoms with Gasteiger partial charge in [-0.15, -0.1) is 0 Å². The van der Waals surface area contributed by atoms with E-state index in [1.807, 2.05) is 36.4 Å². The summed E-state index contributed by atoms with van der Waals surface area (Å²) in [5, 5.41) is 21.2. The fraction of sp³-hybridized carbons (Fsp3) is 0.176. The number of hydrogen-bond acceptors (Lipinski definition) is 3. The van der Waals surface area contributed by atoms with Gasteiger partial charge in [-0.25, -0.2) is 0 Å². The summed E-state index contributed by atoms with van der Waals surface area (Å²) in [6.45, 7) is -0.160. The van der Waals surface area contributed by atoms with E-state index < -0.39 is 5.92 Å². The van der Waals surface area contributed by atoms with Crippen molar-refractivity contribution in [1.82, 2.24) is 0 Å². The van der Waals surface area contributed by atoms with E-state index in [4.69, 9.17) is 0 Å². The number of nitrogens with one attached hydrogen (secondary N) is 1. The number of carbonyl (C=O) groups excluding carboxylic acids is 1. The van der Waals surface area contributed by atoms with E-state index in [-0.39, 0.29) is 12.5 Å². The predicted octanol–water partition coefficient (Wildman–Crippen LogP) is 2.50. The van der Waals surface area contributed by atoms with E-state index in [1.165, 1.54) is 0 Å². The molecule has 0 heterocycles. The highest BCUT2D eigenvalue weighted by Gasteiger charge is 2.19. The first-order valence-electron chi connectivity index (χ1n) is 6.67. The third-order valence-corrected chi connectivity index (χ3v) is 3.20. The van der Waals surface area contributed by atoms with Gasteiger partial charge in [0.25, 0.3) is 0 Å². The highest BCUT2D eigenvalue weighted by Crippen LogP contribution is 2.17. The van der Waals surface area contributed by atoms with E-state index in [2.05, 4.69) is 5.32 Å². The van der Waals surface area contributed by atoms with Crippen LogP contribution in [0.4, 0.5) is 5.69 Å².